The standard InChI is InChI=1S/C16H15F2NO2/c1-3-21-15-5-4-9(2)6-11(15)16(20)10-7-14(19)13(18)8-12(10)17/h4-8H,3,19H2,1-2H3. The number of ketones is 1. The molecule has 21 heavy (non-hydrogen) atoms. The number of benzene rings is 2. The largest absolute Gasteiger partial charge is 0.493 e. The molecular weight excluding hydrogens is 276 g/mol. The van der Waals surface area contributed by atoms with Crippen LogP contribution in [0, 0.1) is 18.6 Å². The number of ether oxygens (including phenoxy) is 1. The third-order valence-corrected chi connectivity index (χ3v) is 3.01. The molecule has 0 atom stereocenters. The van der Waals surface area contributed by atoms with Crippen molar-refractivity contribution in [3.05, 3.63) is 58.7 Å². The first-order valence-electron chi connectivity index (χ1n) is 6.46. The van der Waals surface area contributed by atoms with Crippen molar-refractivity contribution in [2.75, 3.05) is 12.3 Å². The average Bonchev–Trinajstić information content (AvgIpc) is 2.44. The van der Waals surface area contributed by atoms with Crippen LogP contribution in [0.3, 0.4) is 0 Å². The maximum absolute atomic E-state index is 13.8. The summed E-state index contributed by atoms with van der Waals surface area (Å²) in [6.45, 7) is 3.96. The predicted molar refractivity (Wildman–Crippen MR) is 76.6 cm³/mol. The van der Waals surface area contributed by atoms with E-state index in [-0.39, 0.29) is 16.8 Å². The maximum atomic E-state index is 13.8. The molecule has 0 radical (unpaired) electrons. The van der Waals surface area contributed by atoms with E-state index in [1.54, 1.807) is 25.1 Å². The van der Waals surface area contributed by atoms with Crippen LogP contribution in [-0.2, 0) is 0 Å². The van der Waals surface area contributed by atoms with Crippen LogP contribution in [0.5, 0.6) is 5.75 Å². The summed E-state index contributed by atoms with van der Waals surface area (Å²) in [5.41, 5.74) is 5.91. The number of carbonyl (C=O) groups excluding carboxylic acids is 1. The molecule has 0 spiro atoms. The lowest BCUT2D eigenvalue weighted by Gasteiger charge is -2.11. The van der Waals surface area contributed by atoms with E-state index in [2.05, 4.69) is 0 Å². The number of nitrogen functional groups attached to an aromatic ring is 1. The van der Waals surface area contributed by atoms with Gasteiger partial charge < -0.3 is 10.5 Å². The van der Waals surface area contributed by atoms with Gasteiger partial charge in [0.2, 0.25) is 0 Å². The molecule has 0 fully saturated rings. The predicted octanol–water partition coefficient (Wildman–Crippen LogP) is 3.49. The molecule has 110 valence electrons. The Morgan fingerprint density at radius 1 is 1.14 bits per heavy atom. The Bertz CT molecular complexity index is 699. The number of nitrogens with two attached hydrogens (primary N) is 1. The SMILES string of the molecule is CCOc1ccc(C)cc1C(=O)c1cc(N)c(F)cc1F. The van der Waals surface area contributed by atoms with Gasteiger partial charge in [0.15, 0.2) is 5.78 Å². The van der Waals surface area contributed by atoms with Crippen molar-refractivity contribution in [2.45, 2.75) is 13.8 Å². The van der Waals surface area contributed by atoms with Crippen LogP contribution < -0.4 is 10.5 Å². The van der Waals surface area contributed by atoms with Crippen molar-refractivity contribution in [3.63, 3.8) is 0 Å². The van der Waals surface area contributed by atoms with Crippen molar-refractivity contribution in [1.29, 1.82) is 0 Å². The Hall–Kier alpha value is -2.43. The Morgan fingerprint density at radius 2 is 1.86 bits per heavy atom. The van der Waals surface area contributed by atoms with E-state index in [1.807, 2.05) is 6.92 Å². The Morgan fingerprint density at radius 3 is 2.52 bits per heavy atom. The van der Waals surface area contributed by atoms with E-state index in [9.17, 15) is 13.6 Å². The van der Waals surface area contributed by atoms with Gasteiger partial charge in [0.05, 0.1) is 23.4 Å². The molecule has 3 nitrogen and oxygen atoms in total. The van der Waals surface area contributed by atoms with E-state index >= 15 is 0 Å². The van der Waals surface area contributed by atoms with E-state index in [1.165, 1.54) is 0 Å². The minimum atomic E-state index is -0.948. The Labute approximate surface area is 121 Å². The van der Waals surface area contributed by atoms with Gasteiger partial charge in [0.1, 0.15) is 17.4 Å². The van der Waals surface area contributed by atoms with Gasteiger partial charge in [0, 0.05) is 6.07 Å². The molecule has 2 aromatic rings. The zero-order valence-electron chi connectivity index (χ0n) is 11.7. The van der Waals surface area contributed by atoms with E-state index in [0.29, 0.717) is 18.4 Å². The molecule has 0 aliphatic heterocycles. The topological polar surface area (TPSA) is 52.3 Å². The second-order valence-corrected chi connectivity index (χ2v) is 4.62. The van der Waals surface area contributed by atoms with Gasteiger partial charge in [-0.1, -0.05) is 11.6 Å². The lowest BCUT2D eigenvalue weighted by Crippen LogP contribution is -2.09. The Kier molecular flexibility index (Phi) is 4.21. The lowest BCUT2D eigenvalue weighted by molar-refractivity contribution is 0.103. The molecular formula is C16H15F2NO2. The number of aryl methyl sites for hydroxylation is 1. The molecule has 0 aliphatic carbocycles. The summed E-state index contributed by atoms with van der Waals surface area (Å²) in [5, 5.41) is 0. The van der Waals surface area contributed by atoms with Crippen molar-refractivity contribution >= 4 is 11.5 Å². The minimum absolute atomic E-state index is 0.224. The highest BCUT2D eigenvalue weighted by atomic mass is 19.1. The molecule has 0 bridgehead atoms. The quantitative estimate of drug-likeness (QED) is 0.693. The summed E-state index contributed by atoms with van der Waals surface area (Å²) < 4.78 is 32.4. The van der Waals surface area contributed by atoms with Crippen LogP contribution in [0.4, 0.5) is 14.5 Å². The van der Waals surface area contributed by atoms with Gasteiger partial charge in [-0.3, -0.25) is 4.79 Å². The van der Waals surface area contributed by atoms with Gasteiger partial charge in [0.25, 0.3) is 0 Å². The zero-order valence-corrected chi connectivity index (χ0v) is 11.7. The molecule has 2 rings (SSSR count). The van der Waals surface area contributed by atoms with Gasteiger partial charge in [-0.15, -0.1) is 0 Å². The molecule has 0 aromatic heterocycles. The fourth-order valence-electron chi connectivity index (χ4n) is 1.99. The van der Waals surface area contributed by atoms with Crippen LogP contribution in [0.15, 0.2) is 30.3 Å². The first-order chi connectivity index (χ1) is 9.93. The summed E-state index contributed by atoms with van der Waals surface area (Å²) in [6, 6.07) is 6.66. The number of hydrogen-bond donors (Lipinski definition) is 1. The number of hydrogen-bond acceptors (Lipinski definition) is 3. The molecule has 0 heterocycles. The molecule has 0 saturated carbocycles. The third kappa shape index (κ3) is 3.02. The molecule has 2 aromatic carbocycles. The summed E-state index contributed by atoms with van der Waals surface area (Å²) >= 11 is 0. The number of rotatable bonds is 4. The van der Waals surface area contributed by atoms with Crippen LogP contribution >= 0.6 is 0 Å². The molecule has 0 unspecified atom stereocenters. The van der Waals surface area contributed by atoms with Gasteiger partial charge >= 0.3 is 0 Å². The fourth-order valence-corrected chi connectivity index (χ4v) is 1.99. The number of halogens is 2. The summed E-state index contributed by atoms with van der Waals surface area (Å²) in [5.74, 6) is -2.07. The summed E-state index contributed by atoms with van der Waals surface area (Å²) in [4.78, 5) is 12.5. The van der Waals surface area contributed by atoms with Crippen molar-refractivity contribution in [3.8, 4) is 5.75 Å². The zero-order chi connectivity index (χ0) is 15.6. The smallest absolute Gasteiger partial charge is 0.199 e. The van der Waals surface area contributed by atoms with Crippen molar-refractivity contribution in [2.24, 2.45) is 0 Å². The average molecular weight is 291 g/mol. The van der Waals surface area contributed by atoms with E-state index in [0.717, 1.165) is 11.6 Å². The first kappa shape index (κ1) is 15.0. The van der Waals surface area contributed by atoms with Crippen molar-refractivity contribution < 1.29 is 18.3 Å². The molecule has 2 N–H and O–H groups in total. The lowest BCUT2D eigenvalue weighted by atomic mass is 9.99. The second kappa shape index (κ2) is 5.91. The second-order valence-electron chi connectivity index (χ2n) is 4.62. The van der Waals surface area contributed by atoms with Gasteiger partial charge in [-0.25, -0.2) is 8.78 Å². The highest BCUT2D eigenvalue weighted by molar-refractivity contribution is 6.11. The van der Waals surface area contributed by atoms with Crippen LogP contribution in [0.25, 0.3) is 0 Å². The number of carbonyl (C=O) groups is 1. The molecule has 0 saturated heterocycles. The maximum Gasteiger partial charge on any atom is 0.199 e. The third-order valence-electron chi connectivity index (χ3n) is 3.01. The molecule has 0 aliphatic rings. The highest BCUT2D eigenvalue weighted by Gasteiger charge is 2.20. The fraction of sp³-hybridized carbons (Fsp3) is 0.188. The van der Waals surface area contributed by atoms with Gasteiger partial charge in [-0.2, -0.15) is 0 Å². The number of anilines is 1. The van der Waals surface area contributed by atoms with Gasteiger partial charge in [-0.05, 0) is 32.0 Å². The van der Waals surface area contributed by atoms with Crippen LogP contribution in [0.2, 0.25) is 0 Å². The monoisotopic (exact) mass is 291 g/mol. The summed E-state index contributed by atoms with van der Waals surface area (Å²) in [6.07, 6.45) is 0. The normalized spacial score (nSPS) is 10.5. The van der Waals surface area contributed by atoms with Crippen LogP contribution in [-0.4, -0.2) is 12.4 Å². The van der Waals surface area contributed by atoms with E-state index in [4.69, 9.17) is 10.5 Å². The minimum Gasteiger partial charge on any atom is -0.493 e. The Balaban J connectivity index is 2.54. The summed E-state index contributed by atoms with van der Waals surface area (Å²) in [7, 11) is 0. The molecule has 0 amide bonds. The van der Waals surface area contributed by atoms with E-state index < -0.39 is 17.4 Å². The molecule has 5 heteroatoms. The van der Waals surface area contributed by atoms with Crippen LogP contribution in [0.1, 0.15) is 28.4 Å². The van der Waals surface area contributed by atoms with Crippen molar-refractivity contribution in [1.82, 2.24) is 0 Å². The first-order valence-corrected chi connectivity index (χ1v) is 6.46. The highest BCUT2D eigenvalue weighted by Crippen LogP contribution is 2.26.